The average molecular weight is 375 g/mol. The molecule has 2 heterocycles. The van der Waals surface area contributed by atoms with Crippen molar-refractivity contribution in [2.75, 3.05) is 5.75 Å². The number of carboxylic acid groups (broad SMARTS) is 1. The molecular weight excluding hydrogens is 350 g/mol. The molecule has 0 saturated carbocycles. The molecular formula is C19H25N3O3S. The van der Waals surface area contributed by atoms with Crippen LogP contribution in [0.25, 0.3) is 10.9 Å². The van der Waals surface area contributed by atoms with Crippen molar-refractivity contribution in [1.82, 2.24) is 9.88 Å². The fourth-order valence-corrected chi connectivity index (χ4v) is 4.50. The van der Waals surface area contributed by atoms with Crippen LogP contribution in [-0.4, -0.2) is 54.3 Å². The summed E-state index contributed by atoms with van der Waals surface area (Å²) in [6, 6.07) is 7.51. The van der Waals surface area contributed by atoms with Crippen LogP contribution >= 0.6 is 11.8 Å². The summed E-state index contributed by atoms with van der Waals surface area (Å²) >= 11 is 1.43. The minimum Gasteiger partial charge on any atom is -0.465 e. The van der Waals surface area contributed by atoms with Gasteiger partial charge in [-0.1, -0.05) is 18.2 Å². The molecule has 0 bridgehead atoms. The summed E-state index contributed by atoms with van der Waals surface area (Å²) in [5.41, 5.74) is 0.309. The molecule has 0 spiro atoms. The van der Waals surface area contributed by atoms with Crippen LogP contribution in [-0.2, 0) is 6.42 Å². The van der Waals surface area contributed by atoms with Crippen molar-refractivity contribution in [3.8, 4) is 0 Å². The summed E-state index contributed by atoms with van der Waals surface area (Å²) in [7, 11) is 0. The number of aliphatic hydroxyl groups is 1. The van der Waals surface area contributed by atoms with Gasteiger partial charge in [-0.2, -0.15) is 0 Å². The zero-order valence-corrected chi connectivity index (χ0v) is 16.3. The first-order valence-electron chi connectivity index (χ1n) is 8.61. The number of H-pyrrole nitrogens is 1. The van der Waals surface area contributed by atoms with Gasteiger partial charge in [0.15, 0.2) is 5.72 Å². The number of amides is 1. The zero-order valence-electron chi connectivity index (χ0n) is 15.5. The number of para-hydroxylation sites is 1. The molecule has 140 valence electrons. The van der Waals surface area contributed by atoms with Crippen LogP contribution in [0.3, 0.4) is 0 Å². The highest BCUT2D eigenvalue weighted by atomic mass is 32.2. The van der Waals surface area contributed by atoms with Crippen LogP contribution in [0, 0.1) is 0 Å². The number of aliphatic imine (C=N–C) groups is 1. The van der Waals surface area contributed by atoms with Crippen LogP contribution in [0.2, 0.25) is 0 Å². The molecule has 1 aromatic carbocycles. The maximum absolute atomic E-state index is 12.1. The predicted molar refractivity (Wildman–Crippen MR) is 106 cm³/mol. The number of benzene rings is 1. The molecule has 0 saturated heterocycles. The minimum atomic E-state index is -1.15. The quantitative estimate of drug-likeness (QED) is 0.760. The number of aromatic amines is 1. The van der Waals surface area contributed by atoms with Crippen LogP contribution in [0.5, 0.6) is 0 Å². The lowest BCUT2D eigenvalue weighted by Gasteiger charge is -2.39. The largest absolute Gasteiger partial charge is 0.465 e. The number of nitrogens with one attached hydrogen (secondary N) is 1. The van der Waals surface area contributed by atoms with Gasteiger partial charge in [-0.25, -0.2) is 9.79 Å². The van der Waals surface area contributed by atoms with E-state index in [1.54, 1.807) is 6.92 Å². The third-order valence-corrected chi connectivity index (χ3v) is 5.81. The highest BCUT2D eigenvalue weighted by molar-refractivity contribution is 8.14. The molecule has 1 unspecified atom stereocenters. The second-order valence-corrected chi connectivity index (χ2v) is 8.85. The summed E-state index contributed by atoms with van der Waals surface area (Å²) in [5.74, 6) is 0.435. The maximum Gasteiger partial charge on any atom is 0.408 e. The number of aromatic nitrogens is 1. The lowest BCUT2D eigenvalue weighted by molar-refractivity contribution is 0.0842. The number of hydrogen-bond acceptors (Lipinski definition) is 4. The van der Waals surface area contributed by atoms with E-state index in [-0.39, 0.29) is 0 Å². The second-order valence-electron chi connectivity index (χ2n) is 7.86. The van der Waals surface area contributed by atoms with E-state index in [9.17, 15) is 15.0 Å². The van der Waals surface area contributed by atoms with E-state index in [4.69, 9.17) is 0 Å². The molecule has 0 aliphatic carbocycles. The molecule has 3 rings (SSSR count). The van der Waals surface area contributed by atoms with Gasteiger partial charge in [0.1, 0.15) is 0 Å². The Morgan fingerprint density at radius 2 is 2.12 bits per heavy atom. The van der Waals surface area contributed by atoms with Crippen molar-refractivity contribution in [2.24, 2.45) is 4.99 Å². The van der Waals surface area contributed by atoms with E-state index in [1.165, 1.54) is 16.7 Å². The normalized spacial score (nSPS) is 21.7. The first kappa shape index (κ1) is 18.8. The lowest BCUT2D eigenvalue weighted by atomic mass is 9.98. The predicted octanol–water partition coefficient (Wildman–Crippen LogP) is 3.71. The number of carbonyl (C=O) groups is 1. The Bertz CT molecular complexity index is 851. The highest BCUT2D eigenvalue weighted by Gasteiger charge is 2.40. The van der Waals surface area contributed by atoms with Crippen molar-refractivity contribution in [3.63, 3.8) is 0 Å². The maximum atomic E-state index is 12.1. The summed E-state index contributed by atoms with van der Waals surface area (Å²) in [6.45, 7) is 7.28. The average Bonchev–Trinajstić information content (AvgIpc) is 3.08. The summed E-state index contributed by atoms with van der Waals surface area (Å²) in [4.78, 5) is 21.2. The van der Waals surface area contributed by atoms with Crippen LogP contribution in [0.1, 0.15) is 33.3 Å². The Labute approximate surface area is 157 Å². The molecule has 1 aliphatic rings. The highest BCUT2D eigenvalue weighted by Crippen LogP contribution is 2.33. The fourth-order valence-electron chi connectivity index (χ4n) is 3.37. The molecule has 3 N–H and O–H groups in total. The summed E-state index contributed by atoms with van der Waals surface area (Å²) in [5, 5.41) is 21.9. The van der Waals surface area contributed by atoms with Gasteiger partial charge in [-0.05, 0) is 39.3 Å². The monoisotopic (exact) mass is 375 g/mol. The molecule has 1 aromatic heterocycles. The Morgan fingerprint density at radius 3 is 2.69 bits per heavy atom. The van der Waals surface area contributed by atoms with Gasteiger partial charge < -0.3 is 15.2 Å². The van der Waals surface area contributed by atoms with E-state index < -0.39 is 23.4 Å². The van der Waals surface area contributed by atoms with Gasteiger partial charge in [0.2, 0.25) is 0 Å². The second kappa shape index (κ2) is 6.63. The standard InChI is InChI=1S/C19H25N3O3S/c1-18(2,3)22(17(23)24)15(16-21-19(4,25)11-26-16)9-12-10-20-14-8-6-5-7-13(12)14/h5-8,10,15,20,25H,9,11H2,1-4H3,(H,23,24)/t15-,19?/m0/s1. The van der Waals surface area contributed by atoms with E-state index >= 15 is 0 Å². The van der Waals surface area contributed by atoms with Gasteiger partial charge in [0.05, 0.1) is 11.1 Å². The van der Waals surface area contributed by atoms with E-state index in [0.29, 0.717) is 17.2 Å². The SMILES string of the molecule is CC1(O)CSC([C@H](Cc2c[nH]c3ccccc23)N(C(=O)O)C(C)(C)C)=N1. The Kier molecular flexibility index (Phi) is 4.79. The number of hydrogen-bond donors (Lipinski definition) is 3. The van der Waals surface area contributed by atoms with Crippen molar-refractivity contribution in [1.29, 1.82) is 0 Å². The third kappa shape index (κ3) is 3.73. The van der Waals surface area contributed by atoms with Crippen LogP contribution in [0.4, 0.5) is 4.79 Å². The van der Waals surface area contributed by atoms with Gasteiger partial charge in [-0.3, -0.25) is 4.90 Å². The third-order valence-electron chi connectivity index (χ3n) is 4.46. The van der Waals surface area contributed by atoms with E-state index in [0.717, 1.165) is 16.5 Å². The lowest BCUT2D eigenvalue weighted by Crippen LogP contribution is -2.54. The van der Waals surface area contributed by atoms with Gasteiger partial charge >= 0.3 is 6.09 Å². The Balaban J connectivity index is 2.04. The first-order valence-corrected chi connectivity index (χ1v) is 9.59. The van der Waals surface area contributed by atoms with Crippen molar-refractivity contribution < 1.29 is 15.0 Å². The fraction of sp³-hybridized carbons (Fsp3) is 0.474. The number of rotatable bonds is 4. The topological polar surface area (TPSA) is 88.9 Å². The van der Waals surface area contributed by atoms with E-state index in [1.807, 2.05) is 51.2 Å². The van der Waals surface area contributed by atoms with Gasteiger partial charge in [0.25, 0.3) is 0 Å². The first-order chi connectivity index (χ1) is 12.1. The van der Waals surface area contributed by atoms with Crippen molar-refractivity contribution >= 4 is 33.8 Å². The van der Waals surface area contributed by atoms with Crippen LogP contribution in [0.15, 0.2) is 35.5 Å². The number of fused-ring (bicyclic) bond motifs is 1. The molecule has 2 atom stereocenters. The van der Waals surface area contributed by atoms with Crippen LogP contribution < -0.4 is 0 Å². The zero-order chi connectivity index (χ0) is 19.1. The molecule has 0 fully saturated rings. The molecule has 1 aliphatic heterocycles. The summed E-state index contributed by atoms with van der Waals surface area (Å²) in [6.07, 6.45) is 1.44. The molecule has 6 nitrogen and oxygen atoms in total. The van der Waals surface area contributed by atoms with Gasteiger partial charge in [0, 0.05) is 34.8 Å². The molecule has 2 aromatic rings. The molecule has 26 heavy (non-hydrogen) atoms. The molecule has 7 heteroatoms. The summed E-state index contributed by atoms with van der Waals surface area (Å²) < 4.78 is 0. The Hall–Kier alpha value is -1.99. The van der Waals surface area contributed by atoms with Crippen molar-refractivity contribution in [3.05, 3.63) is 36.0 Å². The number of nitrogens with zero attached hydrogens (tertiary/aromatic N) is 2. The van der Waals surface area contributed by atoms with E-state index in [2.05, 4.69) is 9.98 Å². The Morgan fingerprint density at radius 1 is 1.42 bits per heavy atom. The number of thioether (sulfide) groups is 1. The van der Waals surface area contributed by atoms with Crippen molar-refractivity contribution in [2.45, 2.75) is 51.4 Å². The van der Waals surface area contributed by atoms with Gasteiger partial charge in [-0.15, -0.1) is 11.8 Å². The molecule has 0 radical (unpaired) electrons. The smallest absolute Gasteiger partial charge is 0.408 e. The minimum absolute atomic E-state index is 0.435. The molecule has 1 amide bonds.